The number of esters is 2. The Morgan fingerprint density at radius 3 is 1.46 bits per heavy atom. The maximum Gasteiger partial charge on any atom is 0.472 e. The second kappa shape index (κ2) is 29.9. The molecule has 14 heteroatoms. The number of ether oxygens (including phenoxy) is 2. The lowest BCUT2D eigenvalue weighted by molar-refractivity contribution is -0.220. The van der Waals surface area contributed by atoms with Gasteiger partial charge in [-0.15, -0.1) is 0 Å². The Hall–Kier alpha value is -1.41. The summed E-state index contributed by atoms with van der Waals surface area (Å²) < 4.78 is 33.3. The van der Waals surface area contributed by atoms with Crippen LogP contribution in [0.1, 0.15) is 162 Å². The van der Waals surface area contributed by atoms with E-state index >= 15 is 0 Å². The number of aliphatic hydroxyl groups is 5. The fourth-order valence-corrected chi connectivity index (χ4v) is 7.02. The molecule has 52 heavy (non-hydrogen) atoms. The van der Waals surface area contributed by atoms with Crippen LogP contribution in [0.3, 0.4) is 0 Å². The molecule has 13 nitrogen and oxygen atoms in total. The summed E-state index contributed by atoms with van der Waals surface area (Å²) in [6.07, 6.45) is 14.5. The van der Waals surface area contributed by atoms with Crippen LogP contribution in [0.4, 0.5) is 0 Å². The van der Waals surface area contributed by atoms with Crippen molar-refractivity contribution in [3.8, 4) is 0 Å². The molecule has 1 aliphatic carbocycles. The lowest BCUT2D eigenvalue weighted by atomic mass is 9.85. The topological polar surface area (TPSA) is 210 Å². The number of hydrogen-bond acceptors (Lipinski definition) is 12. The minimum absolute atomic E-state index is 0.0974. The third-order valence-electron chi connectivity index (χ3n) is 9.36. The highest BCUT2D eigenvalue weighted by Gasteiger charge is 2.51. The number of rotatable bonds is 32. The van der Waals surface area contributed by atoms with Crippen LogP contribution in [-0.4, -0.2) is 98.3 Å². The summed E-state index contributed by atoms with van der Waals surface area (Å²) in [6, 6.07) is 0. The first kappa shape index (κ1) is 48.6. The molecule has 0 aliphatic heterocycles. The number of phosphoric acid groups is 1. The third-order valence-corrected chi connectivity index (χ3v) is 10.3. The van der Waals surface area contributed by atoms with Gasteiger partial charge in [-0.05, 0) is 38.5 Å². The van der Waals surface area contributed by atoms with Crippen LogP contribution < -0.4 is 0 Å². The molecule has 1 aliphatic rings. The highest BCUT2D eigenvalue weighted by Crippen LogP contribution is 2.47. The van der Waals surface area contributed by atoms with Crippen LogP contribution in [0.25, 0.3) is 0 Å². The molecule has 0 aromatic rings. The van der Waals surface area contributed by atoms with Crippen LogP contribution in [0.15, 0.2) is 12.2 Å². The Morgan fingerprint density at radius 2 is 0.981 bits per heavy atom. The molecule has 0 aromatic heterocycles. The van der Waals surface area contributed by atoms with Crippen molar-refractivity contribution in [2.24, 2.45) is 0 Å². The van der Waals surface area contributed by atoms with Gasteiger partial charge < -0.3 is 39.9 Å². The standard InChI is InChI=1S/C38H71O13P/c1-3-5-7-9-11-13-14-15-16-17-18-19-21-22-24-26-31(39)48-28-30(50-32(40)27-25-23-20-12-10-8-6-4-2)29-49-52(46,47)51-38-36(44)34(42)33(41)35(43)37(38)45/h15-16,30,33-38,41-45H,3-14,17-29H2,1-2H3,(H,46,47)/b16-15+/t30-,33?,34-,35?,36?,37?,38?/m0/s1. The van der Waals surface area contributed by atoms with E-state index in [0.717, 1.165) is 64.2 Å². The quantitative estimate of drug-likeness (QED) is 0.0192. The summed E-state index contributed by atoms with van der Waals surface area (Å²) in [5.74, 6) is -1.11. The highest BCUT2D eigenvalue weighted by atomic mass is 31.2. The predicted octanol–water partition coefficient (Wildman–Crippen LogP) is 6.33. The predicted molar refractivity (Wildman–Crippen MR) is 198 cm³/mol. The number of hydrogen-bond donors (Lipinski definition) is 6. The largest absolute Gasteiger partial charge is 0.472 e. The molecule has 1 saturated carbocycles. The normalized spacial score (nSPS) is 23.8. The first-order valence-electron chi connectivity index (χ1n) is 20.0. The number of phosphoric ester groups is 1. The first-order valence-corrected chi connectivity index (χ1v) is 21.5. The molecule has 0 amide bonds. The molecule has 0 bridgehead atoms. The highest BCUT2D eigenvalue weighted by molar-refractivity contribution is 7.47. The van der Waals surface area contributed by atoms with Crippen molar-refractivity contribution in [3.63, 3.8) is 0 Å². The van der Waals surface area contributed by atoms with Crippen LogP contribution in [0, 0.1) is 0 Å². The van der Waals surface area contributed by atoms with E-state index in [1.54, 1.807) is 0 Å². The molecule has 8 atom stereocenters. The fourth-order valence-electron chi connectivity index (χ4n) is 6.05. The first-order chi connectivity index (χ1) is 24.9. The van der Waals surface area contributed by atoms with Crippen LogP contribution in [-0.2, 0) is 32.7 Å². The van der Waals surface area contributed by atoms with Gasteiger partial charge in [-0.2, -0.15) is 0 Å². The molecule has 1 fully saturated rings. The Kier molecular flexibility index (Phi) is 27.9. The monoisotopic (exact) mass is 766 g/mol. The van der Waals surface area contributed by atoms with E-state index in [1.165, 1.54) is 57.8 Å². The van der Waals surface area contributed by atoms with Gasteiger partial charge in [-0.1, -0.05) is 122 Å². The van der Waals surface area contributed by atoms with Gasteiger partial charge in [-0.3, -0.25) is 18.6 Å². The van der Waals surface area contributed by atoms with E-state index in [2.05, 4.69) is 26.0 Å². The van der Waals surface area contributed by atoms with Gasteiger partial charge in [0.05, 0.1) is 6.61 Å². The van der Waals surface area contributed by atoms with E-state index in [1.807, 2.05) is 0 Å². The fraction of sp³-hybridized carbons (Fsp3) is 0.895. The zero-order valence-corrected chi connectivity index (χ0v) is 32.8. The molecule has 0 radical (unpaired) electrons. The number of unbranched alkanes of at least 4 members (excludes halogenated alkanes) is 18. The zero-order valence-electron chi connectivity index (χ0n) is 31.9. The zero-order chi connectivity index (χ0) is 38.6. The van der Waals surface area contributed by atoms with Crippen LogP contribution in [0.5, 0.6) is 0 Å². The van der Waals surface area contributed by atoms with Crippen molar-refractivity contribution in [1.29, 1.82) is 0 Å². The summed E-state index contributed by atoms with van der Waals surface area (Å²) in [7, 11) is -5.10. The van der Waals surface area contributed by atoms with Crippen LogP contribution >= 0.6 is 7.82 Å². The summed E-state index contributed by atoms with van der Waals surface area (Å²) in [4.78, 5) is 35.4. The summed E-state index contributed by atoms with van der Waals surface area (Å²) in [5, 5.41) is 49.9. The molecule has 0 aromatic carbocycles. The second-order valence-electron chi connectivity index (χ2n) is 14.1. The maximum atomic E-state index is 12.7. The van der Waals surface area contributed by atoms with Gasteiger partial charge in [0.1, 0.15) is 43.2 Å². The summed E-state index contributed by atoms with van der Waals surface area (Å²) >= 11 is 0. The maximum absolute atomic E-state index is 12.7. The molecule has 306 valence electrons. The van der Waals surface area contributed by atoms with Crippen molar-refractivity contribution < 1.29 is 63.1 Å². The van der Waals surface area contributed by atoms with Gasteiger partial charge in [-0.25, -0.2) is 4.57 Å². The Balaban J connectivity index is 2.49. The molecule has 1 rings (SSSR count). The Labute approximate surface area is 312 Å². The SMILES string of the molecule is CCCCCCCC/C=C/CCCCCCCC(=O)OC[C@@H](COP(=O)(O)OC1C(O)C(O)C(O)[C@H](O)C1O)OC(=O)CCCCCCCCCC. The van der Waals surface area contributed by atoms with E-state index in [9.17, 15) is 44.6 Å². The Morgan fingerprint density at radius 1 is 0.577 bits per heavy atom. The molecular formula is C38H71O13P. The third kappa shape index (κ3) is 22.7. The number of aliphatic hydroxyl groups excluding tert-OH is 5. The van der Waals surface area contributed by atoms with Crippen molar-refractivity contribution in [2.45, 2.75) is 204 Å². The number of carbonyl (C=O) groups excluding carboxylic acids is 2. The average Bonchev–Trinajstić information content (AvgIpc) is 3.12. The molecule has 6 unspecified atom stereocenters. The van der Waals surface area contributed by atoms with Gasteiger partial charge in [0, 0.05) is 12.8 Å². The van der Waals surface area contributed by atoms with E-state index in [0.29, 0.717) is 12.8 Å². The van der Waals surface area contributed by atoms with E-state index in [-0.39, 0.29) is 12.8 Å². The molecule has 6 N–H and O–H groups in total. The minimum atomic E-state index is -5.10. The van der Waals surface area contributed by atoms with E-state index in [4.69, 9.17) is 18.5 Å². The van der Waals surface area contributed by atoms with Gasteiger partial charge in [0.2, 0.25) is 0 Å². The lowest BCUT2D eigenvalue weighted by Crippen LogP contribution is -2.64. The molecule has 0 saturated heterocycles. The van der Waals surface area contributed by atoms with Crippen molar-refractivity contribution in [1.82, 2.24) is 0 Å². The summed E-state index contributed by atoms with van der Waals surface area (Å²) in [5.41, 5.74) is 0. The summed E-state index contributed by atoms with van der Waals surface area (Å²) in [6.45, 7) is 3.21. The van der Waals surface area contributed by atoms with Crippen molar-refractivity contribution in [2.75, 3.05) is 13.2 Å². The molecular weight excluding hydrogens is 695 g/mol. The van der Waals surface area contributed by atoms with Gasteiger partial charge >= 0.3 is 19.8 Å². The van der Waals surface area contributed by atoms with Crippen molar-refractivity contribution >= 4 is 19.8 Å². The number of carbonyl (C=O) groups is 2. The Bertz CT molecular complexity index is 980. The second-order valence-corrected chi connectivity index (χ2v) is 15.5. The van der Waals surface area contributed by atoms with Gasteiger partial charge in [0.15, 0.2) is 6.10 Å². The molecule has 0 spiro atoms. The van der Waals surface area contributed by atoms with Crippen molar-refractivity contribution in [3.05, 3.63) is 12.2 Å². The van der Waals surface area contributed by atoms with Gasteiger partial charge in [0.25, 0.3) is 0 Å². The molecule has 0 heterocycles. The average molecular weight is 767 g/mol. The number of allylic oxidation sites excluding steroid dienone is 2. The minimum Gasteiger partial charge on any atom is -0.462 e. The lowest BCUT2D eigenvalue weighted by Gasteiger charge is -2.41. The smallest absolute Gasteiger partial charge is 0.462 e. The van der Waals surface area contributed by atoms with E-state index < -0.39 is 75.7 Å². The van der Waals surface area contributed by atoms with Crippen LogP contribution in [0.2, 0.25) is 0 Å².